The van der Waals surface area contributed by atoms with E-state index in [1.54, 1.807) is 31.2 Å². The highest BCUT2D eigenvalue weighted by molar-refractivity contribution is 5.96. The van der Waals surface area contributed by atoms with Gasteiger partial charge in [-0.1, -0.05) is 18.2 Å². The maximum Gasteiger partial charge on any atom is 0.325 e. The van der Waals surface area contributed by atoms with Gasteiger partial charge >= 0.3 is 5.97 Å². The van der Waals surface area contributed by atoms with Crippen molar-refractivity contribution in [3.05, 3.63) is 70.5 Å². The number of rotatable bonds is 8. The van der Waals surface area contributed by atoms with Gasteiger partial charge in [0.05, 0.1) is 0 Å². The maximum atomic E-state index is 13.3. The molecule has 154 valence electrons. The van der Waals surface area contributed by atoms with Crippen LogP contribution < -0.4 is 5.32 Å². The van der Waals surface area contributed by atoms with Crippen molar-refractivity contribution in [2.24, 2.45) is 0 Å². The molecule has 0 aliphatic heterocycles. The van der Waals surface area contributed by atoms with Crippen LogP contribution in [0.15, 0.2) is 42.5 Å². The Bertz CT molecular complexity index is 898. The molecule has 0 spiro atoms. The molecular formula is C22H25FN2O4. The average Bonchev–Trinajstić information content (AvgIpc) is 2.70. The largest absolute Gasteiger partial charge is 0.454 e. The van der Waals surface area contributed by atoms with Crippen molar-refractivity contribution >= 4 is 17.8 Å². The molecule has 6 nitrogen and oxygen atoms in total. The predicted molar refractivity (Wildman–Crippen MR) is 107 cm³/mol. The highest BCUT2D eigenvalue weighted by Crippen LogP contribution is 2.10. The first-order chi connectivity index (χ1) is 13.8. The summed E-state index contributed by atoms with van der Waals surface area (Å²) in [6.45, 7) is 5.44. The molecular weight excluding hydrogens is 375 g/mol. The molecule has 0 saturated heterocycles. The number of nitrogens with one attached hydrogen (secondary N) is 1. The van der Waals surface area contributed by atoms with Gasteiger partial charge in [0.15, 0.2) is 6.61 Å². The van der Waals surface area contributed by atoms with Crippen LogP contribution in [0.5, 0.6) is 0 Å². The third kappa shape index (κ3) is 6.71. The second-order valence-electron chi connectivity index (χ2n) is 6.68. The van der Waals surface area contributed by atoms with Crippen LogP contribution in [0.1, 0.15) is 34.0 Å². The van der Waals surface area contributed by atoms with E-state index in [0.717, 1.165) is 11.1 Å². The zero-order valence-corrected chi connectivity index (χ0v) is 16.8. The number of hydrogen-bond acceptors (Lipinski definition) is 4. The van der Waals surface area contributed by atoms with Gasteiger partial charge in [-0.05, 0) is 61.7 Å². The molecule has 0 radical (unpaired) electrons. The van der Waals surface area contributed by atoms with Gasteiger partial charge < -0.3 is 15.0 Å². The van der Waals surface area contributed by atoms with Gasteiger partial charge in [-0.25, -0.2) is 4.39 Å². The zero-order chi connectivity index (χ0) is 21.4. The number of likely N-dealkylation sites (N-methyl/N-ethyl adjacent to an activating group) is 1. The van der Waals surface area contributed by atoms with E-state index < -0.39 is 24.4 Å². The van der Waals surface area contributed by atoms with Gasteiger partial charge in [0.2, 0.25) is 0 Å². The van der Waals surface area contributed by atoms with Gasteiger partial charge in [-0.2, -0.15) is 0 Å². The lowest BCUT2D eigenvalue weighted by Gasteiger charge is -2.21. The number of halogens is 1. The van der Waals surface area contributed by atoms with Crippen LogP contribution in [0, 0.1) is 19.7 Å². The average molecular weight is 400 g/mol. The predicted octanol–water partition coefficient (Wildman–Crippen LogP) is 2.76. The second-order valence-corrected chi connectivity index (χ2v) is 6.68. The van der Waals surface area contributed by atoms with E-state index in [2.05, 4.69) is 5.32 Å². The quantitative estimate of drug-likeness (QED) is 0.692. The standard InChI is InChI=1S/C22H25FN2O4/c1-4-25(13-17-6-5-7-19(23)11-17)20(26)14-29-21(27)12-24-22(28)18-9-8-15(2)16(3)10-18/h5-11H,4,12-14H2,1-3H3,(H,24,28). The zero-order valence-electron chi connectivity index (χ0n) is 16.8. The lowest BCUT2D eigenvalue weighted by Crippen LogP contribution is -2.36. The minimum atomic E-state index is -0.711. The van der Waals surface area contributed by atoms with Crippen LogP contribution in [-0.4, -0.2) is 42.4 Å². The Balaban J connectivity index is 1.80. The number of ether oxygens (including phenoxy) is 1. The molecule has 1 N–H and O–H groups in total. The summed E-state index contributed by atoms with van der Waals surface area (Å²) in [5.74, 6) is -1.88. The smallest absolute Gasteiger partial charge is 0.325 e. The van der Waals surface area contributed by atoms with Crippen LogP contribution >= 0.6 is 0 Å². The van der Waals surface area contributed by atoms with Crippen molar-refractivity contribution in [3.8, 4) is 0 Å². The van der Waals surface area contributed by atoms with Crippen LogP contribution in [0.3, 0.4) is 0 Å². The van der Waals surface area contributed by atoms with E-state index in [1.165, 1.54) is 17.0 Å². The molecule has 0 aromatic heterocycles. The number of carbonyl (C=O) groups excluding carboxylic acids is 3. The van der Waals surface area contributed by atoms with E-state index in [-0.39, 0.29) is 18.9 Å². The molecule has 2 aromatic carbocycles. The van der Waals surface area contributed by atoms with Crippen molar-refractivity contribution in [3.63, 3.8) is 0 Å². The Morgan fingerprint density at radius 3 is 2.48 bits per heavy atom. The molecule has 2 amide bonds. The number of hydrogen-bond donors (Lipinski definition) is 1. The van der Waals surface area contributed by atoms with Crippen molar-refractivity contribution < 1.29 is 23.5 Å². The fraction of sp³-hybridized carbons (Fsp3) is 0.318. The molecule has 0 atom stereocenters. The minimum absolute atomic E-state index is 0.216. The number of amides is 2. The van der Waals surface area contributed by atoms with Crippen molar-refractivity contribution in [2.45, 2.75) is 27.3 Å². The first kappa shape index (κ1) is 22.1. The lowest BCUT2D eigenvalue weighted by atomic mass is 10.1. The van der Waals surface area contributed by atoms with Gasteiger partial charge in [0.25, 0.3) is 11.8 Å². The van der Waals surface area contributed by atoms with Crippen LogP contribution in [0.2, 0.25) is 0 Å². The van der Waals surface area contributed by atoms with Crippen LogP contribution in [0.25, 0.3) is 0 Å². The summed E-state index contributed by atoms with van der Waals surface area (Å²) in [5, 5.41) is 2.48. The molecule has 29 heavy (non-hydrogen) atoms. The molecule has 0 fully saturated rings. The van der Waals surface area contributed by atoms with Crippen molar-refractivity contribution in [1.29, 1.82) is 0 Å². The number of aryl methyl sites for hydroxylation is 2. The fourth-order valence-corrected chi connectivity index (χ4v) is 2.65. The van der Waals surface area contributed by atoms with E-state index in [4.69, 9.17) is 4.74 Å². The van der Waals surface area contributed by atoms with Gasteiger partial charge in [-0.3, -0.25) is 14.4 Å². The van der Waals surface area contributed by atoms with E-state index in [9.17, 15) is 18.8 Å². The maximum absolute atomic E-state index is 13.3. The Labute approximate surface area is 169 Å². The molecule has 0 aliphatic rings. The van der Waals surface area contributed by atoms with Gasteiger partial charge in [0, 0.05) is 18.7 Å². The molecule has 2 aromatic rings. The minimum Gasteiger partial charge on any atom is -0.454 e. The first-order valence-corrected chi connectivity index (χ1v) is 9.33. The monoisotopic (exact) mass is 400 g/mol. The third-order valence-corrected chi connectivity index (χ3v) is 4.52. The third-order valence-electron chi connectivity index (χ3n) is 4.52. The normalized spacial score (nSPS) is 10.3. The highest BCUT2D eigenvalue weighted by Gasteiger charge is 2.16. The molecule has 0 bridgehead atoms. The summed E-state index contributed by atoms with van der Waals surface area (Å²) in [4.78, 5) is 37.7. The Kier molecular flexibility index (Phi) is 7.88. The lowest BCUT2D eigenvalue weighted by molar-refractivity contribution is -0.151. The molecule has 2 rings (SSSR count). The van der Waals surface area contributed by atoms with E-state index in [0.29, 0.717) is 17.7 Å². The Morgan fingerprint density at radius 2 is 1.83 bits per heavy atom. The van der Waals surface area contributed by atoms with Gasteiger partial charge in [0.1, 0.15) is 12.4 Å². The van der Waals surface area contributed by atoms with E-state index in [1.807, 2.05) is 19.9 Å². The van der Waals surface area contributed by atoms with Crippen molar-refractivity contribution in [1.82, 2.24) is 10.2 Å². The number of benzene rings is 2. The summed E-state index contributed by atoms with van der Waals surface area (Å²) in [6, 6.07) is 11.2. The summed E-state index contributed by atoms with van der Waals surface area (Å²) in [7, 11) is 0. The Hall–Kier alpha value is -3.22. The summed E-state index contributed by atoms with van der Waals surface area (Å²) in [5.41, 5.74) is 3.14. The van der Waals surface area contributed by atoms with Crippen LogP contribution in [-0.2, 0) is 20.9 Å². The van der Waals surface area contributed by atoms with Gasteiger partial charge in [-0.15, -0.1) is 0 Å². The first-order valence-electron chi connectivity index (χ1n) is 9.33. The topological polar surface area (TPSA) is 75.7 Å². The van der Waals surface area contributed by atoms with Crippen LogP contribution in [0.4, 0.5) is 4.39 Å². The molecule has 0 aliphatic carbocycles. The summed E-state index contributed by atoms with van der Waals surface area (Å²) >= 11 is 0. The SMILES string of the molecule is CCN(Cc1cccc(F)c1)C(=O)COC(=O)CNC(=O)c1ccc(C)c(C)c1. The molecule has 0 unspecified atom stereocenters. The molecule has 7 heteroatoms. The highest BCUT2D eigenvalue weighted by atomic mass is 19.1. The summed E-state index contributed by atoms with van der Waals surface area (Å²) < 4.78 is 18.2. The number of carbonyl (C=O) groups is 3. The summed E-state index contributed by atoms with van der Waals surface area (Å²) in [6.07, 6.45) is 0. The van der Waals surface area contributed by atoms with Crippen molar-refractivity contribution in [2.75, 3.05) is 19.7 Å². The molecule has 0 heterocycles. The Morgan fingerprint density at radius 1 is 1.07 bits per heavy atom. The molecule has 0 saturated carbocycles. The number of esters is 1. The second kappa shape index (κ2) is 10.4. The number of nitrogens with zero attached hydrogens (tertiary/aromatic N) is 1. The fourth-order valence-electron chi connectivity index (χ4n) is 2.65. The van der Waals surface area contributed by atoms with E-state index >= 15 is 0 Å².